The lowest BCUT2D eigenvalue weighted by Crippen LogP contribution is -2.39. The van der Waals surface area contributed by atoms with Crippen LogP contribution in [-0.4, -0.2) is 83.5 Å². The Hall–Kier alpha value is -5.60. The zero-order valence-electron chi connectivity index (χ0n) is 51.4. The van der Waals surface area contributed by atoms with E-state index in [1.807, 2.05) is 94.1 Å². The summed E-state index contributed by atoms with van der Waals surface area (Å²) in [4.78, 5) is 73.4. The SMILES string of the molecule is CC(C)(C)OC(=O)N1CCC[C@H]1c1ncc(-c2ccc(I)c(Sc3ccccc3)c2)[nH]1.COC(=O)C[C@H](C(=O)N1CCC[C@H]1c1ncc(-c2ccc(I)c(Sc3ccccc3)c2)[nH]1)C(C)C.Ic1ccc(-c2cnc(C3CCCC3)[nH]2)cc1Sc1ccccc1. The van der Waals surface area contributed by atoms with Crippen molar-refractivity contribution >= 4 is 121 Å². The van der Waals surface area contributed by atoms with Gasteiger partial charge in [-0.1, -0.05) is 135 Å². The molecule has 9 aromatic rings. The molecule has 0 spiro atoms. The monoisotopic (exact) mass is 1600 g/mol. The number of amides is 2. The summed E-state index contributed by atoms with van der Waals surface area (Å²) in [6.45, 7) is 11.0. The molecule has 0 radical (unpaired) electrons. The number of nitrogens with one attached hydrogen (secondary N) is 3. The summed E-state index contributed by atoms with van der Waals surface area (Å²) in [6.07, 6.45) is 14.3. The second kappa shape index (κ2) is 31.8. The van der Waals surface area contributed by atoms with E-state index in [4.69, 9.17) is 9.47 Å². The Bertz CT molecular complexity index is 3850. The maximum absolute atomic E-state index is 13.4. The van der Waals surface area contributed by atoms with Crippen LogP contribution in [0.15, 0.2) is 194 Å². The molecular formula is C71H75I3N8O5S3. The maximum atomic E-state index is 13.4. The Morgan fingerprint density at radius 3 is 1.33 bits per heavy atom. The lowest BCUT2D eigenvalue weighted by atomic mass is 9.91. The minimum atomic E-state index is -0.507. The first-order valence-corrected chi connectivity index (χ1v) is 36.3. The Balaban J connectivity index is 0.000000151. The zero-order chi connectivity index (χ0) is 63.3. The molecule has 0 unspecified atom stereocenters. The third-order valence-corrected chi connectivity index (χ3v) is 23.1. The first kappa shape index (κ1) is 67.3. The van der Waals surface area contributed by atoms with Gasteiger partial charge in [0.1, 0.15) is 23.1 Å². The van der Waals surface area contributed by atoms with Crippen LogP contribution < -0.4 is 0 Å². The molecule has 468 valence electrons. The van der Waals surface area contributed by atoms with Gasteiger partial charge < -0.3 is 29.3 Å². The van der Waals surface area contributed by atoms with E-state index in [1.54, 1.807) is 28.4 Å². The summed E-state index contributed by atoms with van der Waals surface area (Å²) in [6, 6.07) is 50.5. The van der Waals surface area contributed by atoms with Gasteiger partial charge in [0.2, 0.25) is 5.91 Å². The molecule has 3 fully saturated rings. The lowest BCUT2D eigenvalue weighted by molar-refractivity contribution is -0.148. The van der Waals surface area contributed by atoms with Crippen molar-refractivity contribution in [3.63, 3.8) is 0 Å². The van der Waals surface area contributed by atoms with E-state index in [-0.39, 0.29) is 42.4 Å². The summed E-state index contributed by atoms with van der Waals surface area (Å²) in [7, 11) is 1.36. The van der Waals surface area contributed by atoms with Gasteiger partial charge in [-0.2, -0.15) is 0 Å². The van der Waals surface area contributed by atoms with Crippen molar-refractivity contribution in [2.24, 2.45) is 11.8 Å². The number of carbonyl (C=O) groups excluding carboxylic acids is 3. The van der Waals surface area contributed by atoms with Crippen LogP contribution in [-0.2, 0) is 19.1 Å². The van der Waals surface area contributed by atoms with Crippen molar-refractivity contribution in [1.82, 2.24) is 39.7 Å². The fourth-order valence-corrected chi connectivity index (χ4v) is 16.0. The largest absolute Gasteiger partial charge is 0.469 e. The number of rotatable bonds is 16. The normalized spacial score (nSPS) is 16.1. The van der Waals surface area contributed by atoms with Crippen molar-refractivity contribution in [1.29, 1.82) is 0 Å². The molecule has 13 nitrogen and oxygen atoms in total. The number of aromatic nitrogens is 6. The third-order valence-electron chi connectivity index (χ3n) is 16.0. The number of hydrogen-bond acceptors (Lipinski definition) is 11. The van der Waals surface area contributed by atoms with Crippen LogP contribution in [0.4, 0.5) is 4.79 Å². The van der Waals surface area contributed by atoms with E-state index >= 15 is 0 Å². The highest BCUT2D eigenvalue weighted by Crippen LogP contribution is 2.41. The van der Waals surface area contributed by atoms with Crippen LogP contribution in [0, 0.1) is 22.5 Å². The van der Waals surface area contributed by atoms with E-state index < -0.39 is 11.5 Å². The van der Waals surface area contributed by atoms with Crippen LogP contribution in [0.5, 0.6) is 0 Å². The minimum Gasteiger partial charge on any atom is -0.469 e. The molecule has 3 aromatic heterocycles. The Kier molecular flexibility index (Phi) is 23.8. The summed E-state index contributed by atoms with van der Waals surface area (Å²) < 4.78 is 14.1. The van der Waals surface area contributed by atoms with Crippen LogP contribution >= 0.6 is 103 Å². The molecule has 3 atom stereocenters. The van der Waals surface area contributed by atoms with Crippen molar-refractivity contribution < 1.29 is 23.9 Å². The molecule has 19 heteroatoms. The highest BCUT2D eigenvalue weighted by atomic mass is 127. The van der Waals surface area contributed by atoms with Crippen LogP contribution in [0.2, 0.25) is 0 Å². The molecule has 5 heterocycles. The van der Waals surface area contributed by atoms with E-state index in [9.17, 15) is 14.4 Å². The number of halogens is 3. The minimum absolute atomic E-state index is 0.00154. The highest BCUT2D eigenvalue weighted by molar-refractivity contribution is 14.1. The van der Waals surface area contributed by atoms with Gasteiger partial charge in [-0.25, -0.2) is 19.7 Å². The molecule has 90 heavy (non-hydrogen) atoms. The topological polar surface area (TPSA) is 162 Å². The number of benzene rings is 6. The van der Waals surface area contributed by atoms with E-state index in [2.05, 4.69) is 219 Å². The van der Waals surface area contributed by atoms with Crippen molar-refractivity contribution in [2.45, 2.75) is 145 Å². The van der Waals surface area contributed by atoms with Gasteiger partial charge in [0.15, 0.2) is 0 Å². The van der Waals surface area contributed by atoms with Gasteiger partial charge in [0.25, 0.3) is 0 Å². The number of carbonyl (C=O) groups is 3. The lowest BCUT2D eigenvalue weighted by Gasteiger charge is -2.29. The van der Waals surface area contributed by atoms with Gasteiger partial charge >= 0.3 is 12.1 Å². The van der Waals surface area contributed by atoms with E-state index in [0.29, 0.717) is 19.0 Å². The van der Waals surface area contributed by atoms with Gasteiger partial charge in [0, 0.05) is 75.8 Å². The Morgan fingerprint density at radius 1 is 0.544 bits per heavy atom. The first-order chi connectivity index (χ1) is 43.5. The number of ether oxygens (including phenoxy) is 2. The summed E-state index contributed by atoms with van der Waals surface area (Å²) in [5.41, 5.74) is 5.86. The molecule has 0 bridgehead atoms. The van der Waals surface area contributed by atoms with E-state index in [0.717, 1.165) is 65.5 Å². The van der Waals surface area contributed by atoms with Gasteiger partial charge in [0.05, 0.1) is 67.2 Å². The Labute approximate surface area is 582 Å². The number of H-pyrrole nitrogens is 3. The van der Waals surface area contributed by atoms with Gasteiger partial charge in [-0.05, 0) is 206 Å². The third kappa shape index (κ3) is 18.0. The number of hydrogen-bond donors (Lipinski definition) is 3. The molecule has 6 aromatic carbocycles. The summed E-state index contributed by atoms with van der Waals surface area (Å²) in [5.74, 6) is 2.70. The first-order valence-electron chi connectivity index (χ1n) is 30.6. The van der Waals surface area contributed by atoms with Crippen LogP contribution in [0.3, 0.4) is 0 Å². The smallest absolute Gasteiger partial charge is 0.410 e. The fourth-order valence-electron chi connectivity index (χ4n) is 11.3. The van der Waals surface area contributed by atoms with Crippen LogP contribution in [0.1, 0.15) is 128 Å². The molecular weight excluding hydrogens is 1520 g/mol. The molecule has 1 aliphatic carbocycles. The zero-order valence-corrected chi connectivity index (χ0v) is 60.3. The molecule has 1 saturated carbocycles. The van der Waals surface area contributed by atoms with Gasteiger partial charge in [-0.3, -0.25) is 14.5 Å². The van der Waals surface area contributed by atoms with Crippen molar-refractivity contribution in [3.05, 3.63) is 192 Å². The summed E-state index contributed by atoms with van der Waals surface area (Å²) in [5, 5.41) is 0. The van der Waals surface area contributed by atoms with Crippen molar-refractivity contribution in [3.8, 4) is 33.8 Å². The number of likely N-dealkylation sites (tertiary alicyclic amines) is 2. The molecule has 2 amide bonds. The molecule has 2 aliphatic heterocycles. The number of nitrogens with zero attached hydrogens (tertiary/aromatic N) is 5. The fraction of sp³-hybridized carbons (Fsp3) is 0.324. The predicted octanol–water partition coefficient (Wildman–Crippen LogP) is 19.7. The number of esters is 1. The predicted molar refractivity (Wildman–Crippen MR) is 387 cm³/mol. The molecule has 12 rings (SSSR count). The average molecular weight is 1600 g/mol. The standard InChI is InChI=1S/C27H30IN3O3S.C24H26IN3O2S.C20H19IN2S/c1-17(2)20(15-25(32)34-3)27(33)31-13-7-10-23(31)26-29-16-22(30-26)18-11-12-21(28)24(14-18)35-19-8-5-4-6-9-19;1-24(2,3)30-23(29)28-13-7-10-20(28)22-26-15-19(27-22)16-11-12-18(25)21(14-16)31-17-8-5-4-6-9-17;21-17-11-10-15(12-19(17)24-16-8-2-1-3-9-16)18-13-22-20(23-18)14-6-4-5-7-14/h4-6,8-9,11-12,14,16-17,20,23H,7,10,13,15H2,1-3H3,(H,29,30);4-6,8-9,11-12,14-15,20H,7,10,13H2,1-3H3,(H,26,27);1-3,8-14H,4-7H2,(H,22,23)/t20-,23-;20-;/m00./s1. The van der Waals surface area contributed by atoms with Crippen LogP contribution in [0.25, 0.3) is 33.8 Å². The maximum Gasteiger partial charge on any atom is 0.410 e. The summed E-state index contributed by atoms with van der Waals surface area (Å²) >= 11 is 12.5. The Morgan fingerprint density at radius 2 is 0.933 bits per heavy atom. The van der Waals surface area contributed by atoms with Gasteiger partial charge in [-0.15, -0.1) is 0 Å². The average Bonchev–Trinajstić information content (AvgIpc) is 2.15. The second-order valence-electron chi connectivity index (χ2n) is 23.9. The second-order valence-corrected chi connectivity index (χ2v) is 30.7. The number of aromatic amines is 3. The number of methoxy groups -OCH3 is 1. The molecule has 3 aliphatic rings. The number of imidazole rings is 3. The highest BCUT2D eigenvalue weighted by Gasteiger charge is 2.38. The van der Waals surface area contributed by atoms with Crippen molar-refractivity contribution in [2.75, 3.05) is 20.2 Å². The van der Waals surface area contributed by atoms with E-state index in [1.165, 1.54) is 84.3 Å². The molecule has 2 saturated heterocycles. The quantitative estimate of drug-likeness (QED) is 0.0623. The molecule has 3 N–H and O–H groups in total.